The largest absolute Gasteiger partial charge is 0.352 e. The molecular weight excluding hydrogens is 396 g/mol. The van der Waals surface area contributed by atoms with Crippen molar-refractivity contribution in [3.8, 4) is 17.9 Å². The molecule has 168 valence electrons. The molecular formula is C26H34N6. The van der Waals surface area contributed by atoms with Crippen molar-refractivity contribution in [3.63, 3.8) is 0 Å². The first kappa shape index (κ1) is 23.7. The highest BCUT2D eigenvalue weighted by atomic mass is 15.2. The molecule has 0 aliphatic carbocycles. The highest BCUT2D eigenvalue weighted by Crippen LogP contribution is 2.22. The van der Waals surface area contributed by atoms with Gasteiger partial charge in [0.15, 0.2) is 0 Å². The second kappa shape index (κ2) is 11.1. The number of benzene rings is 1. The zero-order valence-electron chi connectivity index (χ0n) is 19.5. The van der Waals surface area contributed by atoms with Crippen LogP contribution in [-0.2, 0) is 6.54 Å². The van der Waals surface area contributed by atoms with Gasteiger partial charge in [-0.1, -0.05) is 44.7 Å². The number of aromatic nitrogens is 2. The van der Waals surface area contributed by atoms with Gasteiger partial charge in [0, 0.05) is 24.8 Å². The van der Waals surface area contributed by atoms with Gasteiger partial charge in [-0.3, -0.25) is 4.90 Å². The Morgan fingerprint density at radius 2 is 1.88 bits per heavy atom. The molecule has 1 fully saturated rings. The van der Waals surface area contributed by atoms with E-state index in [-0.39, 0.29) is 11.2 Å². The van der Waals surface area contributed by atoms with Gasteiger partial charge in [-0.05, 0) is 67.6 Å². The van der Waals surface area contributed by atoms with E-state index in [9.17, 15) is 0 Å². The number of nitriles is 1. The highest BCUT2D eigenvalue weighted by molar-refractivity contribution is 5.42. The number of nitrogens with two attached hydrogens (primary N) is 1. The molecule has 1 aliphatic heterocycles. The standard InChI is InChI=1S/C26H34N6/c1-26(2,3)20-32(25-10-13-29-24(18-28)30-25)19-23-8-6-21(7-9-23)5-4-14-31-15-11-22(17-27)12-16-31/h6-10,13,22H,11-12,14-17,19-20,27H2,1-3H3. The third-order valence-electron chi connectivity index (χ3n) is 5.63. The van der Waals surface area contributed by atoms with Crippen LogP contribution in [0.1, 0.15) is 50.6 Å². The molecule has 0 spiro atoms. The minimum absolute atomic E-state index is 0.0851. The molecule has 1 aromatic heterocycles. The first-order valence-electron chi connectivity index (χ1n) is 11.3. The van der Waals surface area contributed by atoms with Crippen molar-refractivity contribution >= 4 is 5.82 Å². The topological polar surface area (TPSA) is 82.1 Å². The first-order chi connectivity index (χ1) is 15.4. The predicted octanol–water partition coefficient (Wildman–Crippen LogP) is 3.42. The Kier molecular flexibility index (Phi) is 8.22. The van der Waals surface area contributed by atoms with Gasteiger partial charge in [0.05, 0.1) is 6.54 Å². The third-order valence-corrected chi connectivity index (χ3v) is 5.63. The van der Waals surface area contributed by atoms with Gasteiger partial charge in [0.25, 0.3) is 0 Å². The van der Waals surface area contributed by atoms with Crippen molar-refractivity contribution in [2.45, 2.75) is 40.2 Å². The lowest BCUT2D eigenvalue weighted by molar-refractivity contribution is 0.207. The molecule has 2 N–H and O–H groups in total. The Labute approximate surface area is 192 Å². The smallest absolute Gasteiger partial charge is 0.234 e. The molecule has 0 saturated carbocycles. The van der Waals surface area contributed by atoms with Crippen molar-refractivity contribution in [2.24, 2.45) is 17.1 Å². The monoisotopic (exact) mass is 430 g/mol. The summed E-state index contributed by atoms with van der Waals surface area (Å²) in [6.07, 6.45) is 4.01. The molecule has 32 heavy (non-hydrogen) atoms. The van der Waals surface area contributed by atoms with E-state index in [1.54, 1.807) is 6.20 Å². The lowest BCUT2D eigenvalue weighted by Crippen LogP contribution is -2.36. The van der Waals surface area contributed by atoms with E-state index in [1.165, 1.54) is 18.4 Å². The van der Waals surface area contributed by atoms with E-state index in [2.05, 4.69) is 76.6 Å². The maximum Gasteiger partial charge on any atom is 0.234 e. The number of likely N-dealkylation sites (tertiary alicyclic amines) is 1. The number of anilines is 1. The van der Waals surface area contributed by atoms with Gasteiger partial charge in [-0.25, -0.2) is 9.97 Å². The summed E-state index contributed by atoms with van der Waals surface area (Å²) in [4.78, 5) is 13.0. The second-order valence-electron chi connectivity index (χ2n) is 9.72. The van der Waals surface area contributed by atoms with E-state index in [1.807, 2.05) is 12.1 Å². The molecule has 6 nitrogen and oxygen atoms in total. The molecule has 0 unspecified atom stereocenters. The summed E-state index contributed by atoms with van der Waals surface area (Å²) < 4.78 is 0. The lowest BCUT2D eigenvalue weighted by atomic mass is 9.95. The average molecular weight is 431 g/mol. The molecule has 0 atom stereocenters. The molecule has 0 radical (unpaired) electrons. The van der Waals surface area contributed by atoms with Crippen LogP contribution in [0.2, 0.25) is 0 Å². The number of nitrogens with zero attached hydrogens (tertiary/aromatic N) is 5. The summed E-state index contributed by atoms with van der Waals surface area (Å²) in [5, 5.41) is 9.16. The summed E-state index contributed by atoms with van der Waals surface area (Å²) in [6.45, 7) is 11.9. The summed E-state index contributed by atoms with van der Waals surface area (Å²) in [5.41, 5.74) is 8.07. The Morgan fingerprint density at radius 1 is 1.16 bits per heavy atom. The average Bonchev–Trinajstić information content (AvgIpc) is 2.79. The van der Waals surface area contributed by atoms with E-state index >= 15 is 0 Å². The van der Waals surface area contributed by atoms with E-state index in [4.69, 9.17) is 11.0 Å². The quantitative estimate of drug-likeness (QED) is 0.707. The van der Waals surface area contributed by atoms with Crippen molar-refractivity contribution in [3.05, 3.63) is 53.5 Å². The van der Waals surface area contributed by atoms with Gasteiger partial charge in [-0.2, -0.15) is 5.26 Å². The maximum atomic E-state index is 9.16. The highest BCUT2D eigenvalue weighted by Gasteiger charge is 2.19. The third kappa shape index (κ3) is 7.34. The van der Waals surface area contributed by atoms with E-state index in [0.29, 0.717) is 12.5 Å². The van der Waals surface area contributed by atoms with Crippen LogP contribution >= 0.6 is 0 Å². The van der Waals surface area contributed by atoms with Crippen LogP contribution in [0.15, 0.2) is 36.5 Å². The molecule has 1 aromatic carbocycles. The molecule has 0 amide bonds. The fourth-order valence-electron chi connectivity index (χ4n) is 3.92. The molecule has 2 heterocycles. The van der Waals surface area contributed by atoms with Gasteiger partial charge < -0.3 is 10.6 Å². The minimum atomic E-state index is 0.0851. The van der Waals surface area contributed by atoms with Gasteiger partial charge >= 0.3 is 0 Å². The second-order valence-corrected chi connectivity index (χ2v) is 9.72. The van der Waals surface area contributed by atoms with Crippen LogP contribution in [0.25, 0.3) is 0 Å². The van der Waals surface area contributed by atoms with Crippen LogP contribution in [0.3, 0.4) is 0 Å². The first-order valence-corrected chi connectivity index (χ1v) is 11.3. The van der Waals surface area contributed by atoms with Crippen molar-refractivity contribution < 1.29 is 0 Å². The molecule has 1 saturated heterocycles. The zero-order chi connectivity index (χ0) is 23.0. The predicted molar refractivity (Wildman–Crippen MR) is 129 cm³/mol. The van der Waals surface area contributed by atoms with Crippen LogP contribution in [0, 0.1) is 34.5 Å². The van der Waals surface area contributed by atoms with Gasteiger partial charge in [0.2, 0.25) is 5.82 Å². The Bertz CT molecular complexity index is 966. The van der Waals surface area contributed by atoms with E-state index in [0.717, 1.165) is 44.1 Å². The van der Waals surface area contributed by atoms with Crippen LogP contribution in [0.5, 0.6) is 0 Å². The Balaban J connectivity index is 1.63. The van der Waals surface area contributed by atoms with Crippen molar-refractivity contribution in [1.29, 1.82) is 5.26 Å². The molecule has 0 bridgehead atoms. The van der Waals surface area contributed by atoms with Crippen LogP contribution < -0.4 is 10.6 Å². The number of hydrogen-bond donors (Lipinski definition) is 1. The maximum absolute atomic E-state index is 9.16. The molecule has 1 aliphatic rings. The van der Waals surface area contributed by atoms with Gasteiger partial charge in [-0.15, -0.1) is 0 Å². The summed E-state index contributed by atoms with van der Waals surface area (Å²) in [7, 11) is 0. The van der Waals surface area contributed by atoms with Crippen molar-refractivity contribution in [2.75, 3.05) is 37.6 Å². The van der Waals surface area contributed by atoms with E-state index < -0.39 is 0 Å². The summed E-state index contributed by atoms with van der Waals surface area (Å²) in [6, 6.07) is 12.3. The summed E-state index contributed by atoms with van der Waals surface area (Å²) >= 11 is 0. The summed E-state index contributed by atoms with van der Waals surface area (Å²) in [5.74, 6) is 8.26. The minimum Gasteiger partial charge on any atom is -0.352 e. The Hall–Kier alpha value is -2.93. The van der Waals surface area contributed by atoms with Crippen LogP contribution in [0.4, 0.5) is 5.82 Å². The number of piperidine rings is 1. The zero-order valence-corrected chi connectivity index (χ0v) is 19.5. The SMILES string of the molecule is CC(C)(C)CN(Cc1ccc(C#CCN2CCC(CN)CC2)cc1)c1ccnc(C#N)n1. The molecule has 3 rings (SSSR count). The lowest BCUT2D eigenvalue weighted by Gasteiger charge is -2.31. The number of hydrogen-bond acceptors (Lipinski definition) is 6. The Morgan fingerprint density at radius 3 is 2.50 bits per heavy atom. The fraction of sp³-hybridized carbons (Fsp3) is 0.500. The number of rotatable bonds is 6. The van der Waals surface area contributed by atoms with Crippen LogP contribution in [-0.4, -0.2) is 47.6 Å². The normalized spacial score (nSPS) is 15.0. The van der Waals surface area contributed by atoms with Gasteiger partial charge in [0.1, 0.15) is 11.9 Å². The van der Waals surface area contributed by atoms with Crippen molar-refractivity contribution in [1.82, 2.24) is 14.9 Å². The molecule has 2 aromatic rings. The molecule has 6 heteroatoms. The fourth-order valence-corrected chi connectivity index (χ4v) is 3.92.